The van der Waals surface area contributed by atoms with Gasteiger partial charge in [-0.1, -0.05) is 6.92 Å². The minimum atomic E-state index is 0. The van der Waals surface area contributed by atoms with Crippen molar-refractivity contribution in [2.24, 2.45) is 16.5 Å². The molecule has 1 aromatic rings. The number of nitrogens with two attached hydrogens (primary N) is 2. The number of rotatable bonds is 9. The molecule has 21 heavy (non-hydrogen) atoms. The van der Waals surface area contributed by atoms with Crippen molar-refractivity contribution in [3.05, 3.63) is 24.5 Å². The predicted octanol–water partition coefficient (Wildman–Crippen LogP) is -2.61. The minimum absolute atomic E-state index is 0. The Morgan fingerprint density at radius 2 is 2.00 bits per heavy atom. The lowest BCUT2D eigenvalue weighted by Gasteiger charge is -2.04. The summed E-state index contributed by atoms with van der Waals surface area (Å²) in [5, 5.41) is 0. The average Bonchev–Trinajstić information content (AvgIpc) is 2.43. The topological polar surface area (TPSA) is 94.6 Å². The molecule has 0 aliphatic rings. The number of hydrogen-bond donors (Lipinski definition) is 2. The van der Waals surface area contributed by atoms with Gasteiger partial charge in [0.25, 0.3) is 0 Å². The summed E-state index contributed by atoms with van der Waals surface area (Å²) in [6.45, 7) is 3.65. The SMILES string of the molecule is CCC[n+]1ccc(OCC(=O)CCCN=C(N)N)cc1.[Br-]. The molecule has 0 saturated carbocycles. The molecule has 0 amide bonds. The Kier molecular flexibility index (Phi) is 10.2. The Balaban J connectivity index is 0.00000400. The normalized spacial score (nSPS) is 9.57. The van der Waals surface area contributed by atoms with Crippen molar-refractivity contribution in [3.63, 3.8) is 0 Å². The summed E-state index contributed by atoms with van der Waals surface area (Å²) >= 11 is 0. The van der Waals surface area contributed by atoms with Crippen LogP contribution in [0.3, 0.4) is 0 Å². The lowest BCUT2D eigenvalue weighted by Crippen LogP contribution is -3.00. The van der Waals surface area contributed by atoms with E-state index < -0.39 is 0 Å². The highest BCUT2D eigenvalue weighted by Crippen LogP contribution is 2.06. The van der Waals surface area contributed by atoms with E-state index in [9.17, 15) is 4.79 Å². The van der Waals surface area contributed by atoms with Gasteiger partial charge in [-0.3, -0.25) is 9.79 Å². The van der Waals surface area contributed by atoms with E-state index in [0.717, 1.165) is 13.0 Å². The summed E-state index contributed by atoms with van der Waals surface area (Å²) in [5.74, 6) is 0.800. The standard InChI is InChI=1S/C14H23N4O2.BrH/c1-2-8-18-9-5-13(6-10-18)20-11-12(19)4-3-7-17-14(15)16;/h5-6,9-10H,2-4,7-8,11H2,1H3,(H4,15,16,17);1H/q+1;/p-1. The van der Waals surface area contributed by atoms with Crippen LogP contribution in [0.25, 0.3) is 0 Å². The van der Waals surface area contributed by atoms with Gasteiger partial charge in [-0.25, -0.2) is 4.57 Å². The van der Waals surface area contributed by atoms with E-state index >= 15 is 0 Å². The number of ether oxygens (including phenoxy) is 1. The fourth-order valence-corrected chi connectivity index (χ4v) is 1.67. The van der Waals surface area contributed by atoms with E-state index in [4.69, 9.17) is 16.2 Å². The van der Waals surface area contributed by atoms with Crippen LogP contribution >= 0.6 is 0 Å². The molecule has 0 atom stereocenters. The van der Waals surface area contributed by atoms with Crippen molar-refractivity contribution >= 4 is 11.7 Å². The van der Waals surface area contributed by atoms with E-state index in [0.29, 0.717) is 25.1 Å². The number of guanidine groups is 1. The molecule has 0 spiro atoms. The summed E-state index contributed by atoms with van der Waals surface area (Å²) in [4.78, 5) is 15.4. The van der Waals surface area contributed by atoms with Crippen molar-refractivity contribution in [3.8, 4) is 5.75 Å². The number of ketones is 1. The number of pyridine rings is 1. The van der Waals surface area contributed by atoms with Crippen LogP contribution < -0.4 is 37.8 Å². The molecule has 1 aromatic heterocycles. The molecule has 7 heteroatoms. The van der Waals surface area contributed by atoms with E-state index in [1.54, 1.807) is 0 Å². The van der Waals surface area contributed by atoms with Crippen LogP contribution in [-0.4, -0.2) is 24.9 Å². The average molecular weight is 359 g/mol. The number of carbonyl (C=O) groups is 1. The summed E-state index contributed by atoms with van der Waals surface area (Å²) in [6.07, 6.45) is 6.02. The van der Waals surface area contributed by atoms with E-state index in [1.165, 1.54) is 0 Å². The maximum Gasteiger partial charge on any atom is 0.185 e. The Bertz CT molecular complexity index is 445. The first kappa shape index (κ1) is 19.4. The molecular weight excluding hydrogens is 336 g/mol. The smallest absolute Gasteiger partial charge is 0.185 e. The Morgan fingerprint density at radius 3 is 2.57 bits per heavy atom. The highest BCUT2D eigenvalue weighted by Gasteiger charge is 2.05. The molecule has 0 unspecified atom stereocenters. The number of hydrogen-bond acceptors (Lipinski definition) is 3. The van der Waals surface area contributed by atoms with Gasteiger partial charge in [-0.15, -0.1) is 0 Å². The van der Waals surface area contributed by atoms with Crippen molar-refractivity contribution < 1.29 is 31.1 Å². The molecule has 6 nitrogen and oxygen atoms in total. The fourth-order valence-electron chi connectivity index (χ4n) is 1.67. The highest BCUT2D eigenvalue weighted by atomic mass is 79.9. The Labute approximate surface area is 136 Å². The quantitative estimate of drug-likeness (QED) is 0.219. The zero-order valence-electron chi connectivity index (χ0n) is 12.3. The summed E-state index contributed by atoms with van der Waals surface area (Å²) in [7, 11) is 0. The predicted molar refractivity (Wildman–Crippen MR) is 77.3 cm³/mol. The van der Waals surface area contributed by atoms with Crippen molar-refractivity contribution in [1.29, 1.82) is 0 Å². The van der Waals surface area contributed by atoms with Crippen LogP contribution in [0.5, 0.6) is 5.75 Å². The van der Waals surface area contributed by atoms with Crippen molar-refractivity contribution in [2.75, 3.05) is 13.2 Å². The zero-order chi connectivity index (χ0) is 14.8. The second-order valence-corrected chi connectivity index (χ2v) is 4.51. The van der Waals surface area contributed by atoms with E-state index in [2.05, 4.69) is 16.5 Å². The number of aliphatic imine (C=N–C) groups is 1. The molecule has 0 aliphatic heterocycles. The van der Waals surface area contributed by atoms with Crippen LogP contribution in [0.2, 0.25) is 0 Å². The largest absolute Gasteiger partial charge is 1.00 e. The van der Waals surface area contributed by atoms with Gasteiger partial charge >= 0.3 is 0 Å². The number of aromatic nitrogens is 1. The van der Waals surface area contributed by atoms with Gasteiger partial charge in [0, 0.05) is 31.5 Å². The van der Waals surface area contributed by atoms with Gasteiger partial charge in [-0.2, -0.15) is 0 Å². The van der Waals surface area contributed by atoms with Gasteiger partial charge < -0.3 is 33.2 Å². The van der Waals surface area contributed by atoms with Crippen molar-refractivity contribution in [1.82, 2.24) is 0 Å². The van der Waals surface area contributed by atoms with Gasteiger partial charge in [0.2, 0.25) is 0 Å². The van der Waals surface area contributed by atoms with Gasteiger partial charge in [-0.05, 0) is 6.42 Å². The molecule has 0 saturated heterocycles. The first-order valence-corrected chi connectivity index (χ1v) is 6.80. The van der Waals surface area contributed by atoms with Crippen molar-refractivity contribution in [2.45, 2.75) is 32.7 Å². The fraction of sp³-hybridized carbons (Fsp3) is 0.500. The zero-order valence-corrected chi connectivity index (χ0v) is 13.9. The number of carbonyl (C=O) groups excluding carboxylic acids is 1. The number of Topliss-reactive ketones (excluding diaryl/α,β-unsaturated/α-hetero) is 1. The first-order valence-electron chi connectivity index (χ1n) is 6.80. The first-order chi connectivity index (χ1) is 9.61. The van der Waals surface area contributed by atoms with Crippen LogP contribution in [0.4, 0.5) is 0 Å². The molecule has 0 aromatic carbocycles. The maximum absolute atomic E-state index is 11.6. The molecule has 118 valence electrons. The summed E-state index contributed by atoms with van der Waals surface area (Å²) in [6, 6.07) is 3.73. The lowest BCUT2D eigenvalue weighted by atomic mass is 10.2. The number of halogens is 1. The summed E-state index contributed by atoms with van der Waals surface area (Å²) < 4.78 is 7.50. The Hall–Kier alpha value is -1.63. The molecule has 0 radical (unpaired) electrons. The number of aryl methyl sites for hydroxylation is 1. The monoisotopic (exact) mass is 358 g/mol. The second-order valence-electron chi connectivity index (χ2n) is 4.51. The molecule has 1 heterocycles. The van der Waals surface area contributed by atoms with Gasteiger partial charge in [0.15, 0.2) is 24.1 Å². The van der Waals surface area contributed by atoms with E-state index in [-0.39, 0.29) is 35.3 Å². The van der Waals surface area contributed by atoms with Gasteiger partial charge in [0.1, 0.15) is 18.9 Å². The van der Waals surface area contributed by atoms with Crippen LogP contribution in [0.1, 0.15) is 26.2 Å². The minimum Gasteiger partial charge on any atom is -1.00 e. The molecule has 4 N–H and O–H groups in total. The molecule has 1 rings (SSSR count). The van der Waals surface area contributed by atoms with E-state index in [1.807, 2.05) is 24.5 Å². The molecule has 0 bridgehead atoms. The highest BCUT2D eigenvalue weighted by molar-refractivity contribution is 5.80. The molecule has 0 aliphatic carbocycles. The van der Waals surface area contributed by atoms with Crippen LogP contribution in [-0.2, 0) is 11.3 Å². The maximum atomic E-state index is 11.6. The third-order valence-corrected chi connectivity index (χ3v) is 2.65. The van der Waals surface area contributed by atoms with Crippen LogP contribution in [0.15, 0.2) is 29.5 Å². The number of nitrogens with zero attached hydrogens (tertiary/aromatic N) is 2. The van der Waals surface area contributed by atoms with Gasteiger partial charge in [0.05, 0.1) is 0 Å². The Morgan fingerprint density at radius 1 is 1.33 bits per heavy atom. The third-order valence-electron chi connectivity index (χ3n) is 2.65. The molecular formula is C14H23BrN4O2. The summed E-state index contributed by atoms with van der Waals surface area (Å²) in [5.41, 5.74) is 10.4. The lowest BCUT2D eigenvalue weighted by molar-refractivity contribution is -0.697. The second kappa shape index (κ2) is 11.1. The third kappa shape index (κ3) is 9.01. The molecule has 0 fully saturated rings. The van der Waals surface area contributed by atoms with Crippen LogP contribution in [0, 0.1) is 0 Å².